The van der Waals surface area contributed by atoms with E-state index >= 15 is 0 Å². The molecule has 0 bridgehead atoms. The van der Waals surface area contributed by atoms with Crippen LogP contribution in [-0.2, 0) is 0 Å². The predicted molar refractivity (Wildman–Crippen MR) is 183 cm³/mol. The van der Waals surface area contributed by atoms with Crippen LogP contribution in [0.5, 0.6) is 0 Å². The van der Waals surface area contributed by atoms with Crippen molar-refractivity contribution in [3.05, 3.63) is 158 Å². The van der Waals surface area contributed by atoms with E-state index in [1.54, 1.807) is 6.07 Å². The van der Waals surface area contributed by atoms with Crippen molar-refractivity contribution in [2.45, 2.75) is 0 Å². The molecule has 0 saturated carbocycles. The average molecular weight is 552 g/mol. The maximum atomic E-state index is 8.60. The lowest BCUT2D eigenvalue weighted by atomic mass is 9.84. The summed E-state index contributed by atoms with van der Waals surface area (Å²) < 4.78 is 48.1. The summed E-state index contributed by atoms with van der Waals surface area (Å²) in [6.07, 6.45) is 0. The van der Waals surface area contributed by atoms with Gasteiger partial charge < -0.3 is 4.42 Å². The first kappa shape index (κ1) is 19.5. The summed E-state index contributed by atoms with van der Waals surface area (Å²) in [5, 5.41) is 8.64. The van der Waals surface area contributed by atoms with Crippen LogP contribution in [0.3, 0.4) is 0 Å². The largest absolute Gasteiger partial charge is 0.456 e. The van der Waals surface area contributed by atoms with Gasteiger partial charge in [-0.15, -0.1) is 0 Å². The highest BCUT2D eigenvalue weighted by molar-refractivity contribution is 6.26. The zero-order chi connectivity index (χ0) is 32.7. The molecule has 0 aliphatic carbocycles. The van der Waals surface area contributed by atoms with Gasteiger partial charge in [0, 0.05) is 10.8 Å². The SMILES string of the molecule is [2H]c1c([2H])c([2H])c(-c2ccc3oc4cccc(-c5c6ccccc6c(-c6ccc7ccccc7c6)c6ccccc56)c4c3c2)c([2H])c1[2H]. The van der Waals surface area contributed by atoms with Gasteiger partial charge in [-0.3, -0.25) is 0 Å². The second kappa shape index (κ2) is 9.44. The number of furan rings is 1. The molecule has 0 fully saturated rings. The summed E-state index contributed by atoms with van der Waals surface area (Å²) in [5.74, 6) is 0. The fourth-order valence-electron chi connectivity index (χ4n) is 6.66. The molecular formula is C42H26O. The molecule has 0 aliphatic rings. The minimum Gasteiger partial charge on any atom is -0.456 e. The summed E-state index contributed by atoms with van der Waals surface area (Å²) >= 11 is 0. The van der Waals surface area contributed by atoms with Gasteiger partial charge in [0.1, 0.15) is 11.2 Å². The number of fused-ring (bicyclic) bond motifs is 6. The second-order valence-electron chi connectivity index (χ2n) is 10.9. The zero-order valence-corrected chi connectivity index (χ0v) is 23.0. The van der Waals surface area contributed by atoms with Crippen LogP contribution in [0.25, 0.3) is 87.6 Å². The molecule has 9 rings (SSSR count). The molecule has 0 amide bonds. The summed E-state index contributed by atoms with van der Waals surface area (Å²) in [5.41, 5.74) is 6.52. The monoisotopic (exact) mass is 551 g/mol. The topological polar surface area (TPSA) is 13.1 Å². The fourth-order valence-corrected chi connectivity index (χ4v) is 6.66. The Bertz CT molecular complexity index is 2710. The third-order valence-corrected chi connectivity index (χ3v) is 8.52. The molecule has 1 nitrogen and oxygen atoms in total. The van der Waals surface area contributed by atoms with E-state index in [1.807, 2.05) is 24.3 Å². The molecular weight excluding hydrogens is 520 g/mol. The Kier molecular flexibility index (Phi) is 4.27. The summed E-state index contributed by atoms with van der Waals surface area (Å²) in [4.78, 5) is 0. The van der Waals surface area contributed by atoms with Crippen LogP contribution < -0.4 is 0 Å². The Balaban J connectivity index is 1.37. The van der Waals surface area contributed by atoms with Crippen molar-refractivity contribution in [1.82, 2.24) is 0 Å². The van der Waals surface area contributed by atoms with Crippen LogP contribution in [0.4, 0.5) is 0 Å². The first-order chi connectivity index (χ1) is 23.4. The average Bonchev–Trinajstić information content (AvgIpc) is 3.50. The van der Waals surface area contributed by atoms with Gasteiger partial charge in [0.2, 0.25) is 0 Å². The van der Waals surface area contributed by atoms with E-state index < -0.39 is 6.04 Å². The maximum absolute atomic E-state index is 8.60. The quantitative estimate of drug-likeness (QED) is 0.199. The maximum Gasteiger partial charge on any atom is 0.136 e. The minimum atomic E-state index is -0.406. The summed E-state index contributed by atoms with van der Waals surface area (Å²) in [6.45, 7) is 0. The van der Waals surface area contributed by atoms with Gasteiger partial charge in [0.05, 0.1) is 6.85 Å². The lowest BCUT2D eigenvalue weighted by Gasteiger charge is -2.18. The Morgan fingerprint density at radius 3 is 1.81 bits per heavy atom. The van der Waals surface area contributed by atoms with Gasteiger partial charge in [-0.1, -0.05) is 133 Å². The standard InChI is InChI=1S/C42H26O/c1-2-11-27(12-3-1)30-23-24-38-37(26-30)42-36(19-10-20-39(42)43-38)41-34-17-8-6-15-32(34)40(33-16-7-9-18-35(33)41)31-22-21-28-13-4-5-14-29(28)25-31/h1-26H/i1D,2D,3D,11D,12D. The van der Waals surface area contributed by atoms with Crippen LogP contribution in [0, 0.1) is 0 Å². The van der Waals surface area contributed by atoms with Crippen LogP contribution in [-0.4, -0.2) is 0 Å². The number of benzene rings is 8. The number of rotatable bonds is 3. The normalized spacial score (nSPS) is 13.3. The summed E-state index contributed by atoms with van der Waals surface area (Å²) in [7, 11) is 0. The van der Waals surface area contributed by atoms with Crippen molar-refractivity contribution in [3.63, 3.8) is 0 Å². The Labute approximate surface area is 256 Å². The predicted octanol–water partition coefficient (Wildman–Crippen LogP) is 12.0. The van der Waals surface area contributed by atoms with Crippen LogP contribution in [0.2, 0.25) is 0 Å². The van der Waals surface area contributed by atoms with Crippen molar-refractivity contribution in [2.75, 3.05) is 0 Å². The van der Waals surface area contributed by atoms with Crippen LogP contribution >= 0.6 is 0 Å². The van der Waals surface area contributed by atoms with E-state index in [4.69, 9.17) is 11.3 Å². The molecule has 0 saturated heterocycles. The highest BCUT2D eigenvalue weighted by Gasteiger charge is 2.20. The van der Waals surface area contributed by atoms with Crippen LogP contribution in [0.15, 0.2) is 162 Å². The van der Waals surface area contributed by atoms with Crippen molar-refractivity contribution in [1.29, 1.82) is 0 Å². The minimum absolute atomic E-state index is 0.172. The molecule has 1 heteroatoms. The van der Waals surface area contributed by atoms with E-state index in [1.165, 1.54) is 16.3 Å². The number of hydrogen-bond acceptors (Lipinski definition) is 1. The van der Waals surface area contributed by atoms with E-state index in [0.29, 0.717) is 16.7 Å². The first-order valence-corrected chi connectivity index (χ1v) is 14.4. The highest BCUT2D eigenvalue weighted by Crippen LogP contribution is 2.47. The van der Waals surface area contributed by atoms with E-state index in [0.717, 1.165) is 49.0 Å². The molecule has 0 aliphatic heterocycles. The second-order valence-corrected chi connectivity index (χ2v) is 10.9. The Hall–Kier alpha value is -5.66. The van der Waals surface area contributed by atoms with E-state index in [-0.39, 0.29) is 29.7 Å². The van der Waals surface area contributed by atoms with E-state index in [2.05, 4.69) is 97.1 Å². The Morgan fingerprint density at radius 2 is 1.07 bits per heavy atom. The molecule has 8 aromatic carbocycles. The third-order valence-electron chi connectivity index (χ3n) is 8.52. The molecule has 43 heavy (non-hydrogen) atoms. The van der Waals surface area contributed by atoms with Gasteiger partial charge in [0.25, 0.3) is 0 Å². The van der Waals surface area contributed by atoms with Crippen molar-refractivity contribution in [3.8, 4) is 33.4 Å². The molecule has 0 atom stereocenters. The highest BCUT2D eigenvalue weighted by atomic mass is 16.3. The third kappa shape index (κ3) is 3.72. The van der Waals surface area contributed by atoms with Gasteiger partial charge in [-0.05, 0) is 90.0 Å². The van der Waals surface area contributed by atoms with Gasteiger partial charge in [-0.2, -0.15) is 0 Å². The molecule has 1 aromatic heterocycles. The zero-order valence-electron chi connectivity index (χ0n) is 28.0. The van der Waals surface area contributed by atoms with Gasteiger partial charge >= 0.3 is 0 Å². The van der Waals surface area contributed by atoms with Gasteiger partial charge in [-0.25, -0.2) is 0 Å². The first-order valence-electron chi connectivity index (χ1n) is 16.9. The molecule has 9 aromatic rings. The number of hydrogen-bond donors (Lipinski definition) is 0. The molecule has 0 spiro atoms. The summed E-state index contributed by atoms with van der Waals surface area (Å²) in [6, 6.07) is 42.2. The van der Waals surface area contributed by atoms with Crippen molar-refractivity contribution < 1.29 is 11.3 Å². The van der Waals surface area contributed by atoms with Crippen LogP contribution in [0.1, 0.15) is 6.85 Å². The van der Waals surface area contributed by atoms with Gasteiger partial charge in [0.15, 0.2) is 0 Å². The molecule has 0 radical (unpaired) electrons. The molecule has 0 unspecified atom stereocenters. The fraction of sp³-hybridized carbons (Fsp3) is 0. The molecule has 200 valence electrons. The lowest BCUT2D eigenvalue weighted by Crippen LogP contribution is -1.91. The Morgan fingerprint density at radius 1 is 0.419 bits per heavy atom. The van der Waals surface area contributed by atoms with E-state index in [9.17, 15) is 0 Å². The van der Waals surface area contributed by atoms with Crippen molar-refractivity contribution in [2.24, 2.45) is 0 Å². The smallest absolute Gasteiger partial charge is 0.136 e. The molecule has 1 heterocycles. The molecule has 0 N–H and O–H groups in total. The lowest BCUT2D eigenvalue weighted by molar-refractivity contribution is 0.669. The van der Waals surface area contributed by atoms with Crippen molar-refractivity contribution >= 4 is 54.3 Å².